The Morgan fingerprint density at radius 1 is 1.23 bits per heavy atom. The molecular formula is C9H13BO3. The molecule has 2 N–H and O–H groups in total. The van der Waals surface area contributed by atoms with Crippen molar-refractivity contribution >= 4 is 8.05 Å². The van der Waals surface area contributed by atoms with Crippen LogP contribution in [0.5, 0.6) is 17.2 Å². The normalized spacial score (nSPS) is 10.4. The summed E-state index contributed by atoms with van der Waals surface area (Å²) >= 11 is 0. The molecule has 0 amide bonds. The van der Waals surface area contributed by atoms with E-state index in [0.29, 0.717) is 11.3 Å². The fraction of sp³-hybridized carbons (Fsp3) is 0.333. The lowest BCUT2D eigenvalue weighted by Gasteiger charge is -2.12. The molecule has 0 heterocycles. The van der Waals surface area contributed by atoms with E-state index >= 15 is 0 Å². The second kappa shape index (κ2) is 3.60. The molecule has 3 nitrogen and oxygen atoms in total. The lowest BCUT2D eigenvalue weighted by Crippen LogP contribution is -1.91. The van der Waals surface area contributed by atoms with Gasteiger partial charge in [-0.15, -0.1) is 0 Å². The minimum Gasteiger partial charge on any atom is -0.568 e. The van der Waals surface area contributed by atoms with Crippen LogP contribution in [0.25, 0.3) is 0 Å². The average Bonchev–Trinajstić information content (AvgIpc) is 2.02. The van der Waals surface area contributed by atoms with E-state index in [4.69, 9.17) is 4.65 Å². The third-order valence-electron chi connectivity index (χ3n) is 1.92. The molecule has 0 bridgehead atoms. The first-order valence-corrected chi connectivity index (χ1v) is 4.16. The molecule has 70 valence electrons. The van der Waals surface area contributed by atoms with Gasteiger partial charge in [0, 0.05) is 17.7 Å². The van der Waals surface area contributed by atoms with E-state index in [-0.39, 0.29) is 17.4 Å². The highest BCUT2D eigenvalue weighted by atomic mass is 16.4. The maximum Gasteiger partial charge on any atom is 0.322 e. The Hall–Kier alpha value is -1.32. The van der Waals surface area contributed by atoms with E-state index < -0.39 is 0 Å². The lowest BCUT2D eigenvalue weighted by molar-refractivity contribution is 0.428. The van der Waals surface area contributed by atoms with Gasteiger partial charge in [-0.25, -0.2) is 0 Å². The Bertz CT molecular complexity index is 287. The van der Waals surface area contributed by atoms with Crippen LogP contribution in [0.4, 0.5) is 0 Å². The number of rotatable bonds is 2. The minimum absolute atomic E-state index is 0.0758. The molecule has 0 aliphatic rings. The monoisotopic (exact) mass is 180 g/mol. The maximum atomic E-state index is 9.53. The number of aromatic hydroxyl groups is 2. The summed E-state index contributed by atoms with van der Waals surface area (Å²) < 4.78 is 4.89. The highest BCUT2D eigenvalue weighted by molar-refractivity contribution is 6.00. The molecule has 1 aromatic carbocycles. The Morgan fingerprint density at radius 3 is 2.00 bits per heavy atom. The Labute approximate surface area is 78.4 Å². The van der Waals surface area contributed by atoms with Crippen molar-refractivity contribution in [3.05, 3.63) is 17.7 Å². The van der Waals surface area contributed by atoms with Crippen molar-refractivity contribution in [3.8, 4) is 17.2 Å². The van der Waals surface area contributed by atoms with Gasteiger partial charge in [0.25, 0.3) is 0 Å². The predicted molar refractivity (Wildman–Crippen MR) is 53.0 cm³/mol. The second-order valence-electron chi connectivity index (χ2n) is 3.23. The molecule has 1 aromatic rings. The molecule has 0 unspecified atom stereocenters. The van der Waals surface area contributed by atoms with Gasteiger partial charge in [-0.05, 0) is 5.92 Å². The zero-order valence-electron chi connectivity index (χ0n) is 8.03. The van der Waals surface area contributed by atoms with Gasteiger partial charge in [0.05, 0.1) is 0 Å². The van der Waals surface area contributed by atoms with E-state index in [1.807, 2.05) is 13.8 Å². The first-order valence-electron chi connectivity index (χ1n) is 4.16. The van der Waals surface area contributed by atoms with Gasteiger partial charge >= 0.3 is 8.05 Å². The van der Waals surface area contributed by atoms with Crippen molar-refractivity contribution < 1.29 is 14.9 Å². The summed E-state index contributed by atoms with van der Waals surface area (Å²) in [4.78, 5) is 0. The van der Waals surface area contributed by atoms with Gasteiger partial charge < -0.3 is 14.9 Å². The molecule has 0 saturated carbocycles. The van der Waals surface area contributed by atoms with Crippen molar-refractivity contribution in [2.75, 3.05) is 0 Å². The molecule has 0 aromatic heterocycles. The van der Waals surface area contributed by atoms with Crippen LogP contribution in [-0.2, 0) is 0 Å². The Morgan fingerprint density at radius 2 is 1.69 bits per heavy atom. The second-order valence-corrected chi connectivity index (χ2v) is 3.23. The van der Waals surface area contributed by atoms with Crippen LogP contribution in [0.2, 0.25) is 0 Å². The average molecular weight is 180 g/mol. The molecule has 0 atom stereocenters. The lowest BCUT2D eigenvalue weighted by atomic mass is 10.0. The summed E-state index contributed by atoms with van der Waals surface area (Å²) in [6.07, 6.45) is 0. The molecule has 0 radical (unpaired) electrons. The highest BCUT2D eigenvalue weighted by Crippen LogP contribution is 2.37. The predicted octanol–water partition coefficient (Wildman–Crippen LogP) is 1.15. The highest BCUT2D eigenvalue weighted by Gasteiger charge is 2.12. The van der Waals surface area contributed by atoms with Crippen molar-refractivity contribution in [2.24, 2.45) is 0 Å². The Kier molecular flexibility index (Phi) is 2.71. The SMILES string of the molecule is BOc1cc(O)c(C(C)C)c(O)c1. The summed E-state index contributed by atoms with van der Waals surface area (Å²) in [7, 11) is 1.49. The van der Waals surface area contributed by atoms with E-state index in [1.54, 1.807) is 0 Å². The topological polar surface area (TPSA) is 49.7 Å². The van der Waals surface area contributed by atoms with Crippen molar-refractivity contribution in [1.82, 2.24) is 0 Å². The maximum absolute atomic E-state index is 9.53. The molecular weight excluding hydrogens is 167 g/mol. The molecule has 1 rings (SSSR count). The zero-order chi connectivity index (χ0) is 10.0. The zero-order valence-corrected chi connectivity index (χ0v) is 8.03. The number of phenols is 2. The molecule has 4 heteroatoms. The van der Waals surface area contributed by atoms with Crippen LogP contribution in [0.3, 0.4) is 0 Å². The smallest absolute Gasteiger partial charge is 0.322 e. The van der Waals surface area contributed by atoms with Gasteiger partial charge in [-0.2, -0.15) is 0 Å². The standard InChI is InChI=1S/C9H13BO3/c1-5(2)9-7(11)3-6(13-10)4-8(9)12/h3-5,11-12H,10H2,1-2H3. The van der Waals surface area contributed by atoms with E-state index in [2.05, 4.69) is 0 Å². The molecule has 0 aliphatic heterocycles. The van der Waals surface area contributed by atoms with Crippen molar-refractivity contribution in [2.45, 2.75) is 19.8 Å². The number of phenolic OH excluding ortho intramolecular Hbond substituents is 2. The minimum atomic E-state index is 0.0758. The van der Waals surface area contributed by atoms with E-state index in [0.717, 1.165) is 0 Å². The molecule has 0 saturated heterocycles. The third kappa shape index (κ3) is 1.88. The number of hydrogen-bond acceptors (Lipinski definition) is 3. The van der Waals surface area contributed by atoms with Crippen LogP contribution in [0.1, 0.15) is 25.3 Å². The van der Waals surface area contributed by atoms with Gasteiger partial charge in [-0.3, -0.25) is 0 Å². The molecule has 0 spiro atoms. The number of benzene rings is 1. The van der Waals surface area contributed by atoms with Gasteiger partial charge in [0.15, 0.2) is 0 Å². The third-order valence-corrected chi connectivity index (χ3v) is 1.92. The van der Waals surface area contributed by atoms with Gasteiger partial charge in [-0.1, -0.05) is 13.8 Å². The van der Waals surface area contributed by atoms with Crippen molar-refractivity contribution in [1.29, 1.82) is 0 Å². The van der Waals surface area contributed by atoms with E-state index in [1.165, 1.54) is 20.2 Å². The summed E-state index contributed by atoms with van der Waals surface area (Å²) in [5.74, 6) is 0.698. The van der Waals surface area contributed by atoms with Crippen LogP contribution >= 0.6 is 0 Å². The first kappa shape index (κ1) is 9.77. The van der Waals surface area contributed by atoms with Crippen molar-refractivity contribution in [3.63, 3.8) is 0 Å². The van der Waals surface area contributed by atoms with Gasteiger partial charge in [0.1, 0.15) is 17.2 Å². The van der Waals surface area contributed by atoms with Crippen LogP contribution in [0.15, 0.2) is 12.1 Å². The fourth-order valence-electron chi connectivity index (χ4n) is 1.31. The quantitative estimate of drug-likeness (QED) is 0.671. The summed E-state index contributed by atoms with van der Waals surface area (Å²) in [5, 5.41) is 19.1. The van der Waals surface area contributed by atoms with Crippen LogP contribution < -0.4 is 4.65 Å². The summed E-state index contributed by atoms with van der Waals surface area (Å²) in [6.45, 7) is 3.81. The Balaban J connectivity index is 3.23. The largest absolute Gasteiger partial charge is 0.568 e. The fourth-order valence-corrected chi connectivity index (χ4v) is 1.31. The van der Waals surface area contributed by atoms with Crippen LogP contribution in [-0.4, -0.2) is 18.3 Å². The summed E-state index contributed by atoms with van der Waals surface area (Å²) in [5.41, 5.74) is 0.556. The number of hydrogen-bond donors (Lipinski definition) is 2. The first-order chi connectivity index (χ1) is 6.06. The summed E-state index contributed by atoms with van der Waals surface area (Å²) in [6, 6.07) is 2.99. The van der Waals surface area contributed by atoms with Gasteiger partial charge in [0.2, 0.25) is 0 Å². The molecule has 0 aliphatic carbocycles. The van der Waals surface area contributed by atoms with E-state index in [9.17, 15) is 10.2 Å². The molecule has 0 fully saturated rings. The van der Waals surface area contributed by atoms with Crippen LogP contribution in [0, 0.1) is 0 Å². The molecule has 13 heavy (non-hydrogen) atoms.